The molecule has 0 saturated carbocycles. The minimum Gasteiger partial charge on any atom is -0.493 e. The lowest BCUT2D eigenvalue weighted by molar-refractivity contribution is -0.143. The smallest absolute Gasteiger partial charge is 0.310 e. The number of carbonyl (C=O) groups excluding carboxylic acids is 1. The van der Waals surface area contributed by atoms with Gasteiger partial charge in [-0.3, -0.25) is 4.79 Å². The average Bonchev–Trinajstić information content (AvgIpc) is 2.63. The Labute approximate surface area is 160 Å². The average molecular weight is 374 g/mol. The predicted molar refractivity (Wildman–Crippen MR) is 102 cm³/mol. The van der Waals surface area contributed by atoms with Gasteiger partial charge < -0.3 is 23.7 Å². The second-order valence-electron chi connectivity index (χ2n) is 6.10. The Hall–Kier alpha value is -2.89. The molecule has 2 rings (SSSR count). The summed E-state index contributed by atoms with van der Waals surface area (Å²) in [6.07, 6.45) is 0.0975. The van der Waals surface area contributed by atoms with E-state index in [0.29, 0.717) is 29.4 Å². The second-order valence-corrected chi connectivity index (χ2v) is 6.10. The van der Waals surface area contributed by atoms with E-state index < -0.39 is 0 Å². The SMILES string of the molecule is COc1cc(CC(=O)OCCOc2cc(C)cc(C)c2)cc(OC)c1OC. The topological polar surface area (TPSA) is 63.2 Å². The third-order valence-electron chi connectivity index (χ3n) is 3.88. The molecule has 0 aliphatic carbocycles. The van der Waals surface area contributed by atoms with Crippen molar-refractivity contribution in [2.45, 2.75) is 20.3 Å². The zero-order valence-electron chi connectivity index (χ0n) is 16.5. The molecule has 0 N–H and O–H groups in total. The summed E-state index contributed by atoms with van der Waals surface area (Å²) in [6, 6.07) is 9.43. The third-order valence-corrected chi connectivity index (χ3v) is 3.88. The number of methoxy groups -OCH3 is 3. The summed E-state index contributed by atoms with van der Waals surface area (Å²) in [5, 5.41) is 0. The highest BCUT2D eigenvalue weighted by atomic mass is 16.6. The number of hydrogen-bond donors (Lipinski definition) is 0. The van der Waals surface area contributed by atoms with Gasteiger partial charge in [0.2, 0.25) is 5.75 Å². The number of esters is 1. The van der Waals surface area contributed by atoms with Crippen LogP contribution < -0.4 is 18.9 Å². The van der Waals surface area contributed by atoms with E-state index >= 15 is 0 Å². The molecule has 6 heteroatoms. The van der Waals surface area contributed by atoms with Crippen molar-refractivity contribution in [2.24, 2.45) is 0 Å². The molecule has 2 aromatic carbocycles. The molecule has 2 aromatic rings. The van der Waals surface area contributed by atoms with Crippen LogP contribution in [0.3, 0.4) is 0 Å². The van der Waals surface area contributed by atoms with Crippen LogP contribution in [0.5, 0.6) is 23.0 Å². The summed E-state index contributed by atoms with van der Waals surface area (Å²) in [5.41, 5.74) is 2.97. The summed E-state index contributed by atoms with van der Waals surface area (Å²) >= 11 is 0. The summed E-state index contributed by atoms with van der Waals surface area (Å²) in [5.74, 6) is 1.90. The number of ether oxygens (including phenoxy) is 5. The Morgan fingerprint density at radius 1 is 0.815 bits per heavy atom. The molecule has 0 aromatic heterocycles. The fourth-order valence-corrected chi connectivity index (χ4v) is 2.79. The Balaban J connectivity index is 1.88. The maximum atomic E-state index is 12.1. The van der Waals surface area contributed by atoms with Crippen molar-refractivity contribution in [3.63, 3.8) is 0 Å². The van der Waals surface area contributed by atoms with Gasteiger partial charge >= 0.3 is 5.97 Å². The number of aryl methyl sites for hydroxylation is 2. The van der Waals surface area contributed by atoms with Crippen molar-refractivity contribution < 1.29 is 28.5 Å². The van der Waals surface area contributed by atoms with E-state index in [1.165, 1.54) is 21.3 Å². The summed E-state index contributed by atoms with van der Waals surface area (Å²) in [6.45, 7) is 4.49. The highest BCUT2D eigenvalue weighted by molar-refractivity contribution is 5.73. The van der Waals surface area contributed by atoms with E-state index in [9.17, 15) is 4.79 Å². The van der Waals surface area contributed by atoms with Gasteiger partial charge in [0.05, 0.1) is 27.8 Å². The molecule has 0 amide bonds. The van der Waals surface area contributed by atoms with Crippen LogP contribution in [0, 0.1) is 13.8 Å². The van der Waals surface area contributed by atoms with Gasteiger partial charge in [-0.15, -0.1) is 0 Å². The first-order valence-electron chi connectivity index (χ1n) is 8.62. The molecule has 27 heavy (non-hydrogen) atoms. The van der Waals surface area contributed by atoms with Crippen LogP contribution in [0.1, 0.15) is 16.7 Å². The predicted octanol–water partition coefficient (Wildman–Crippen LogP) is 3.49. The molecule has 0 bridgehead atoms. The van der Waals surface area contributed by atoms with E-state index in [1.54, 1.807) is 12.1 Å². The molecule has 146 valence electrons. The van der Waals surface area contributed by atoms with E-state index in [0.717, 1.165) is 16.9 Å². The van der Waals surface area contributed by atoms with E-state index in [1.807, 2.05) is 26.0 Å². The first kappa shape index (κ1) is 20.4. The molecule has 0 spiro atoms. The standard InChI is InChI=1S/C21H26O6/c1-14-8-15(2)10-17(9-14)26-6-7-27-20(22)13-16-11-18(23-3)21(25-5)19(12-16)24-4/h8-12H,6-7,13H2,1-5H3. The van der Waals surface area contributed by atoms with Crippen LogP contribution in [0.2, 0.25) is 0 Å². The van der Waals surface area contributed by atoms with Crippen LogP contribution in [0.25, 0.3) is 0 Å². The van der Waals surface area contributed by atoms with Gasteiger partial charge in [-0.05, 0) is 54.8 Å². The molecule has 0 aliphatic rings. The van der Waals surface area contributed by atoms with Crippen LogP contribution in [-0.4, -0.2) is 40.5 Å². The van der Waals surface area contributed by atoms with Gasteiger partial charge in [0.15, 0.2) is 11.5 Å². The monoisotopic (exact) mass is 374 g/mol. The Morgan fingerprint density at radius 3 is 1.93 bits per heavy atom. The zero-order chi connectivity index (χ0) is 19.8. The fraction of sp³-hybridized carbons (Fsp3) is 0.381. The largest absolute Gasteiger partial charge is 0.493 e. The van der Waals surface area contributed by atoms with E-state index in [-0.39, 0.29) is 19.0 Å². The van der Waals surface area contributed by atoms with Crippen LogP contribution in [0.15, 0.2) is 30.3 Å². The summed E-state index contributed by atoms with van der Waals surface area (Å²) in [7, 11) is 4.59. The van der Waals surface area contributed by atoms with Crippen LogP contribution in [-0.2, 0) is 16.0 Å². The van der Waals surface area contributed by atoms with Gasteiger partial charge in [-0.25, -0.2) is 0 Å². The van der Waals surface area contributed by atoms with Gasteiger partial charge in [0, 0.05) is 0 Å². The molecule has 0 saturated heterocycles. The van der Waals surface area contributed by atoms with Crippen LogP contribution in [0.4, 0.5) is 0 Å². The first-order chi connectivity index (χ1) is 13.0. The highest BCUT2D eigenvalue weighted by Gasteiger charge is 2.15. The highest BCUT2D eigenvalue weighted by Crippen LogP contribution is 2.38. The number of benzene rings is 2. The van der Waals surface area contributed by atoms with Gasteiger partial charge in [-0.1, -0.05) is 6.07 Å². The molecule has 0 radical (unpaired) electrons. The lowest BCUT2D eigenvalue weighted by Gasteiger charge is -2.14. The van der Waals surface area contributed by atoms with Crippen molar-refractivity contribution in [1.82, 2.24) is 0 Å². The molecule has 0 heterocycles. The van der Waals surface area contributed by atoms with Crippen molar-refractivity contribution >= 4 is 5.97 Å². The van der Waals surface area contributed by atoms with Gasteiger partial charge in [0.1, 0.15) is 19.0 Å². The summed E-state index contributed by atoms with van der Waals surface area (Å²) < 4.78 is 26.7. The molecule has 0 unspecified atom stereocenters. The van der Waals surface area contributed by atoms with Crippen molar-refractivity contribution in [2.75, 3.05) is 34.5 Å². The van der Waals surface area contributed by atoms with Crippen molar-refractivity contribution in [3.8, 4) is 23.0 Å². The normalized spacial score (nSPS) is 10.3. The molecule has 0 atom stereocenters. The molecular weight excluding hydrogens is 348 g/mol. The minimum atomic E-state index is -0.353. The van der Waals surface area contributed by atoms with E-state index in [2.05, 4.69) is 6.07 Å². The van der Waals surface area contributed by atoms with E-state index in [4.69, 9.17) is 23.7 Å². The Morgan fingerprint density at radius 2 is 1.41 bits per heavy atom. The lowest BCUT2D eigenvalue weighted by Crippen LogP contribution is -2.14. The van der Waals surface area contributed by atoms with Gasteiger partial charge in [-0.2, -0.15) is 0 Å². The number of rotatable bonds is 9. The maximum Gasteiger partial charge on any atom is 0.310 e. The summed E-state index contributed by atoms with van der Waals surface area (Å²) in [4.78, 5) is 12.1. The first-order valence-corrected chi connectivity index (χ1v) is 8.62. The van der Waals surface area contributed by atoms with Crippen molar-refractivity contribution in [3.05, 3.63) is 47.0 Å². The molecule has 0 fully saturated rings. The molecule has 0 aliphatic heterocycles. The van der Waals surface area contributed by atoms with Crippen molar-refractivity contribution in [1.29, 1.82) is 0 Å². The lowest BCUT2D eigenvalue weighted by atomic mass is 10.1. The van der Waals surface area contributed by atoms with Crippen LogP contribution >= 0.6 is 0 Å². The number of carbonyl (C=O) groups is 1. The Bertz CT molecular complexity index is 739. The maximum absolute atomic E-state index is 12.1. The third kappa shape index (κ3) is 5.81. The minimum absolute atomic E-state index is 0.0975. The molecule has 6 nitrogen and oxygen atoms in total. The second kappa shape index (κ2) is 9.71. The number of hydrogen-bond acceptors (Lipinski definition) is 6. The molecular formula is C21H26O6. The zero-order valence-corrected chi connectivity index (χ0v) is 16.5. The fourth-order valence-electron chi connectivity index (χ4n) is 2.79. The quantitative estimate of drug-likeness (QED) is 0.495. The van der Waals surface area contributed by atoms with Gasteiger partial charge in [0.25, 0.3) is 0 Å². The Kier molecular flexibility index (Phi) is 7.34.